The Morgan fingerprint density at radius 1 is 1.48 bits per heavy atom. The molecule has 0 radical (unpaired) electrons. The molecule has 0 aromatic carbocycles. The summed E-state index contributed by atoms with van der Waals surface area (Å²) >= 11 is 4.93. The van der Waals surface area contributed by atoms with Crippen LogP contribution in [0.4, 0.5) is 0 Å². The Balaban J connectivity index is 2.26. The topological polar surface area (TPSA) is 49.4 Å². The molecule has 0 saturated heterocycles. The van der Waals surface area contributed by atoms with Crippen LogP contribution >= 0.6 is 27.3 Å². The lowest BCUT2D eigenvalue weighted by atomic mass is 10.2. The van der Waals surface area contributed by atoms with Crippen LogP contribution in [0.2, 0.25) is 0 Å². The molecule has 0 bridgehead atoms. The van der Waals surface area contributed by atoms with E-state index in [2.05, 4.69) is 35.1 Å². The van der Waals surface area contributed by atoms with Crippen LogP contribution in [0, 0.1) is 5.92 Å². The molecule has 1 aliphatic rings. The van der Waals surface area contributed by atoms with Gasteiger partial charge in [0.15, 0.2) is 0 Å². The van der Waals surface area contributed by atoms with E-state index in [1.807, 2.05) is 13.0 Å². The lowest BCUT2D eigenvalue weighted by Crippen LogP contribution is -2.36. The number of rotatable bonds is 8. The molecule has 1 N–H and O–H groups in total. The molecular formula is C14H23BrN2O2S2. The third kappa shape index (κ3) is 4.28. The molecule has 120 valence electrons. The molecule has 7 heteroatoms. The molecule has 1 aliphatic carbocycles. The first-order valence-corrected chi connectivity index (χ1v) is 10.4. The van der Waals surface area contributed by atoms with Crippen molar-refractivity contribution < 1.29 is 8.42 Å². The summed E-state index contributed by atoms with van der Waals surface area (Å²) in [5, 5.41) is 3.23. The molecule has 4 nitrogen and oxygen atoms in total. The fraction of sp³-hybridized carbons (Fsp3) is 0.714. The van der Waals surface area contributed by atoms with Gasteiger partial charge in [0, 0.05) is 24.0 Å². The molecule has 0 aliphatic heterocycles. The minimum atomic E-state index is -3.40. The fourth-order valence-electron chi connectivity index (χ4n) is 2.20. The van der Waals surface area contributed by atoms with Gasteiger partial charge in [0.25, 0.3) is 0 Å². The van der Waals surface area contributed by atoms with Crippen molar-refractivity contribution in [3.8, 4) is 0 Å². The van der Waals surface area contributed by atoms with E-state index in [1.165, 1.54) is 11.3 Å². The summed E-state index contributed by atoms with van der Waals surface area (Å²) in [7, 11) is -3.40. The highest BCUT2D eigenvalue weighted by Crippen LogP contribution is 2.38. The normalized spacial score (nSPS) is 16.1. The number of nitrogens with one attached hydrogen (secondary N) is 1. The molecule has 0 spiro atoms. The van der Waals surface area contributed by atoms with E-state index >= 15 is 0 Å². The maximum atomic E-state index is 12.9. The fourth-order valence-corrected chi connectivity index (χ4v) is 6.65. The van der Waals surface area contributed by atoms with Crippen molar-refractivity contribution >= 4 is 37.3 Å². The van der Waals surface area contributed by atoms with Crippen LogP contribution in [-0.4, -0.2) is 31.9 Å². The van der Waals surface area contributed by atoms with E-state index in [-0.39, 0.29) is 6.04 Å². The van der Waals surface area contributed by atoms with Gasteiger partial charge in [-0.15, -0.1) is 11.3 Å². The molecule has 1 fully saturated rings. The monoisotopic (exact) mass is 394 g/mol. The minimum Gasteiger partial charge on any atom is -0.312 e. The SMILES string of the molecule is CCNCc1cc(S(=O)(=O)N(CC(C)C)C2CC2)c(Br)s1. The van der Waals surface area contributed by atoms with Crippen molar-refractivity contribution in [2.75, 3.05) is 13.1 Å². The van der Waals surface area contributed by atoms with Gasteiger partial charge in [0.2, 0.25) is 10.0 Å². The maximum absolute atomic E-state index is 12.9. The Morgan fingerprint density at radius 2 is 2.14 bits per heavy atom. The second kappa shape index (κ2) is 7.08. The molecule has 1 saturated carbocycles. The van der Waals surface area contributed by atoms with Crippen LogP contribution in [0.1, 0.15) is 38.5 Å². The highest BCUT2D eigenvalue weighted by Gasteiger charge is 2.39. The Hall–Kier alpha value is 0.0500. The Bertz CT molecular complexity index is 580. The van der Waals surface area contributed by atoms with Gasteiger partial charge in [0.05, 0.1) is 3.79 Å². The van der Waals surface area contributed by atoms with Crippen LogP contribution in [-0.2, 0) is 16.6 Å². The highest BCUT2D eigenvalue weighted by atomic mass is 79.9. The van der Waals surface area contributed by atoms with E-state index in [4.69, 9.17) is 0 Å². The lowest BCUT2D eigenvalue weighted by molar-refractivity contribution is 0.360. The Morgan fingerprint density at radius 3 is 2.67 bits per heavy atom. The molecular weight excluding hydrogens is 372 g/mol. The van der Waals surface area contributed by atoms with Crippen LogP contribution in [0.15, 0.2) is 14.7 Å². The maximum Gasteiger partial charge on any atom is 0.245 e. The summed E-state index contributed by atoms with van der Waals surface area (Å²) in [5.41, 5.74) is 0. The smallest absolute Gasteiger partial charge is 0.245 e. The predicted octanol–water partition coefficient (Wildman–Crippen LogP) is 3.43. The van der Waals surface area contributed by atoms with Gasteiger partial charge >= 0.3 is 0 Å². The number of halogens is 1. The first-order valence-electron chi connectivity index (χ1n) is 7.37. The Labute approximate surface area is 140 Å². The summed E-state index contributed by atoms with van der Waals surface area (Å²) in [6, 6.07) is 2.00. The second-order valence-corrected chi connectivity index (χ2v) is 10.1. The predicted molar refractivity (Wildman–Crippen MR) is 91.2 cm³/mol. The number of hydrogen-bond acceptors (Lipinski definition) is 4. The lowest BCUT2D eigenvalue weighted by Gasteiger charge is -2.23. The molecule has 1 heterocycles. The van der Waals surface area contributed by atoms with Crippen molar-refractivity contribution in [1.29, 1.82) is 0 Å². The molecule has 0 atom stereocenters. The number of hydrogen-bond donors (Lipinski definition) is 1. The molecule has 2 rings (SSSR count). The number of thiophene rings is 1. The molecule has 0 unspecified atom stereocenters. The van der Waals surface area contributed by atoms with E-state index in [1.54, 1.807) is 4.31 Å². The second-order valence-electron chi connectivity index (χ2n) is 5.83. The van der Waals surface area contributed by atoms with Gasteiger partial charge in [-0.2, -0.15) is 4.31 Å². The number of sulfonamides is 1. The quantitative estimate of drug-likeness (QED) is 0.734. The van der Waals surface area contributed by atoms with Gasteiger partial charge in [-0.05, 0) is 47.3 Å². The number of nitrogens with zero attached hydrogens (tertiary/aromatic N) is 1. The molecule has 0 amide bonds. The van der Waals surface area contributed by atoms with Gasteiger partial charge in [-0.3, -0.25) is 0 Å². The Kier molecular flexibility index (Phi) is 5.87. The summed E-state index contributed by atoms with van der Waals surface area (Å²) in [6.45, 7) is 8.34. The van der Waals surface area contributed by atoms with Crippen molar-refractivity contribution in [2.45, 2.75) is 51.1 Å². The highest BCUT2D eigenvalue weighted by molar-refractivity contribution is 9.11. The van der Waals surface area contributed by atoms with Gasteiger partial charge < -0.3 is 5.32 Å². The van der Waals surface area contributed by atoms with Crippen LogP contribution in [0.25, 0.3) is 0 Å². The third-order valence-electron chi connectivity index (χ3n) is 3.34. The van der Waals surface area contributed by atoms with Crippen LogP contribution < -0.4 is 5.32 Å². The van der Waals surface area contributed by atoms with Crippen molar-refractivity contribution in [1.82, 2.24) is 9.62 Å². The largest absolute Gasteiger partial charge is 0.312 e. The zero-order valence-corrected chi connectivity index (χ0v) is 15.9. The van der Waals surface area contributed by atoms with E-state index in [0.717, 1.165) is 24.3 Å². The summed E-state index contributed by atoms with van der Waals surface area (Å²) < 4.78 is 28.3. The minimum absolute atomic E-state index is 0.196. The summed E-state index contributed by atoms with van der Waals surface area (Å²) in [6.07, 6.45) is 1.97. The van der Waals surface area contributed by atoms with Crippen molar-refractivity contribution in [2.24, 2.45) is 5.92 Å². The van der Waals surface area contributed by atoms with Crippen molar-refractivity contribution in [3.05, 3.63) is 14.7 Å². The van der Waals surface area contributed by atoms with Gasteiger partial charge in [-0.1, -0.05) is 20.8 Å². The average Bonchev–Trinajstić information content (AvgIpc) is 3.16. The molecule has 21 heavy (non-hydrogen) atoms. The molecule has 1 aromatic rings. The third-order valence-corrected chi connectivity index (χ3v) is 7.51. The van der Waals surface area contributed by atoms with Crippen molar-refractivity contribution in [3.63, 3.8) is 0 Å². The first kappa shape index (κ1) is 17.4. The van der Waals surface area contributed by atoms with Gasteiger partial charge in [0.1, 0.15) is 4.90 Å². The zero-order valence-electron chi connectivity index (χ0n) is 12.7. The summed E-state index contributed by atoms with van der Waals surface area (Å²) in [4.78, 5) is 1.47. The van der Waals surface area contributed by atoms with E-state index in [9.17, 15) is 8.42 Å². The molecule has 1 aromatic heterocycles. The summed E-state index contributed by atoms with van der Waals surface area (Å²) in [5.74, 6) is 0.332. The van der Waals surface area contributed by atoms with E-state index < -0.39 is 10.0 Å². The van der Waals surface area contributed by atoms with Crippen LogP contribution in [0.3, 0.4) is 0 Å². The van der Waals surface area contributed by atoms with Crippen LogP contribution in [0.5, 0.6) is 0 Å². The standard InChI is InChI=1S/C14H23BrN2O2S2/c1-4-16-8-12-7-13(14(15)20-12)21(18,19)17(9-10(2)3)11-5-6-11/h7,10-11,16H,4-6,8-9H2,1-3H3. The van der Waals surface area contributed by atoms with Gasteiger partial charge in [-0.25, -0.2) is 8.42 Å². The average molecular weight is 395 g/mol. The first-order chi connectivity index (χ1) is 9.86. The zero-order chi connectivity index (χ0) is 15.6. The van der Waals surface area contributed by atoms with E-state index in [0.29, 0.717) is 27.7 Å².